The Labute approximate surface area is 110 Å². The van der Waals surface area contributed by atoms with Crippen LogP contribution >= 0.6 is 11.8 Å². The van der Waals surface area contributed by atoms with E-state index in [0.717, 1.165) is 5.56 Å². The zero-order chi connectivity index (χ0) is 13.5. The molecule has 0 unspecified atom stereocenters. The van der Waals surface area contributed by atoms with Crippen molar-refractivity contribution in [1.29, 1.82) is 0 Å². The normalized spacial score (nSPS) is 11.4. The largest absolute Gasteiger partial charge is 0.392 e. The molecule has 4 N–H and O–H groups in total. The maximum absolute atomic E-state index is 11.1. The topological polar surface area (TPSA) is 79.7 Å². The fourth-order valence-electron chi connectivity index (χ4n) is 1.30. The van der Waals surface area contributed by atoms with Gasteiger partial charge in [0.15, 0.2) is 0 Å². The highest BCUT2D eigenvalue weighted by atomic mass is 32.2. The van der Waals surface area contributed by atoms with Gasteiger partial charge < -0.3 is 16.2 Å². The van der Waals surface area contributed by atoms with E-state index in [9.17, 15) is 4.79 Å². The zero-order valence-corrected chi connectivity index (χ0v) is 10.6. The third-order valence-corrected chi connectivity index (χ3v) is 2.84. The highest BCUT2D eigenvalue weighted by Crippen LogP contribution is 2.22. The third-order valence-electron chi connectivity index (χ3n) is 2.13. The molecule has 0 aliphatic rings. The van der Waals surface area contributed by atoms with Gasteiger partial charge in [0.05, 0.1) is 18.2 Å². The standard InChI is InChI=1S/C12H13N3O2S/c1-14-10(11(13)17)12(18-2)15-9-5-3-4-8(6-9)7-16/h3-6,15-16H,7H2,2H3,(H2,13,17)/b12-10+. The Bertz CT molecular complexity index is 520. The molecule has 0 aromatic heterocycles. The van der Waals surface area contributed by atoms with Gasteiger partial charge in [0.2, 0.25) is 5.91 Å². The van der Waals surface area contributed by atoms with Gasteiger partial charge in [-0.3, -0.25) is 4.79 Å². The molecule has 1 aromatic carbocycles. The molecular formula is C12H13N3O2S. The second-order valence-electron chi connectivity index (χ2n) is 3.34. The molecule has 0 fully saturated rings. The minimum absolute atomic E-state index is 0.0701. The van der Waals surface area contributed by atoms with Crippen molar-refractivity contribution in [3.8, 4) is 0 Å². The van der Waals surface area contributed by atoms with Crippen LogP contribution in [0.15, 0.2) is 35.0 Å². The fourth-order valence-corrected chi connectivity index (χ4v) is 1.86. The molecule has 6 heteroatoms. The van der Waals surface area contributed by atoms with Crippen LogP contribution in [0, 0.1) is 6.57 Å². The summed E-state index contributed by atoms with van der Waals surface area (Å²) in [6.07, 6.45) is 1.74. The lowest BCUT2D eigenvalue weighted by atomic mass is 10.2. The van der Waals surface area contributed by atoms with Crippen molar-refractivity contribution in [2.45, 2.75) is 6.61 Å². The molecule has 0 atom stereocenters. The number of benzene rings is 1. The molecule has 0 bridgehead atoms. The molecule has 0 saturated heterocycles. The van der Waals surface area contributed by atoms with E-state index in [0.29, 0.717) is 10.7 Å². The number of aliphatic hydroxyl groups excluding tert-OH is 1. The molecule has 0 saturated carbocycles. The average molecular weight is 263 g/mol. The number of rotatable bonds is 5. The summed E-state index contributed by atoms with van der Waals surface area (Å²) in [5.74, 6) is -0.764. The first-order chi connectivity index (χ1) is 8.62. The molecule has 5 nitrogen and oxygen atoms in total. The first kappa shape index (κ1) is 14.1. The Morgan fingerprint density at radius 3 is 2.83 bits per heavy atom. The minimum Gasteiger partial charge on any atom is -0.392 e. The number of nitrogens with one attached hydrogen (secondary N) is 1. The van der Waals surface area contributed by atoms with E-state index in [4.69, 9.17) is 17.4 Å². The minimum atomic E-state index is -0.764. The van der Waals surface area contributed by atoms with Gasteiger partial charge in [-0.05, 0) is 24.0 Å². The Hall–Kier alpha value is -1.97. The predicted octanol–water partition coefficient (Wildman–Crippen LogP) is 1.53. The number of carbonyl (C=O) groups is 1. The molecule has 0 radical (unpaired) electrons. The average Bonchev–Trinajstić information content (AvgIpc) is 2.38. The molecule has 1 aromatic rings. The number of aliphatic hydroxyl groups is 1. The van der Waals surface area contributed by atoms with Crippen LogP contribution in [0.5, 0.6) is 0 Å². The first-order valence-electron chi connectivity index (χ1n) is 5.04. The lowest BCUT2D eigenvalue weighted by Gasteiger charge is -2.10. The van der Waals surface area contributed by atoms with E-state index in [1.54, 1.807) is 30.5 Å². The molecule has 0 aliphatic heterocycles. The van der Waals surface area contributed by atoms with Crippen molar-refractivity contribution in [2.24, 2.45) is 5.73 Å². The molecule has 1 rings (SSSR count). The summed E-state index contributed by atoms with van der Waals surface area (Å²) in [5.41, 5.74) is 6.43. The van der Waals surface area contributed by atoms with E-state index in [-0.39, 0.29) is 12.3 Å². The molecule has 0 spiro atoms. The lowest BCUT2D eigenvalue weighted by molar-refractivity contribution is -0.114. The van der Waals surface area contributed by atoms with Crippen molar-refractivity contribution in [3.05, 3.63) is 52.0 Å². The summed E-state index contributed by atoms with van der Waals surface area (Å²) in [6.45, 7) is 6.87. The van der Waals surface area contributed by atoms with Crippen molar-refractivity contribution in [3.63, 3.8) is 0 Å². The van der Waals surface area contributed by atoms with Crippen LogP contribution in [0.25, 0.3) is 4.85 Å². The molecule has 18 heavy (non-hydrogen) atoms. The van der Waals surface area contributed by atoms with Gasteiger partial charge >= 0.3 is 0 Å². The molecule has 0 aliphatic carbocycles. The van der Waals surface area contributed by atoms with Gasteiger partial charge in [0.1, 0.15) is 0 Å². The second-order valence-corrected chi connectivity index (χ2v) is 4.16. The van der Waals surface area contributed by atoms with Crippen molar-refractivity contribution in [1.82, 2.24) is 0 Å². The molecule has 94 valence electrons. The molecule has 1 amide bonds. The number of primary amides is 1. The van der Waals surface area contributed by atoms with Crippen LogP contribution in [0.3, 0.4) is 0 Å². The van der Waals surface area contributed by atoms with E-state index in [2.05, 4.69) is 10.2 Å². The quantitative estimate of drug-likeness (QED) is 0.556. The van der Waals surface area contributed by atoms with Crippen LogP contribution in [-0.2, 0) is 11.4 Å². The monoisotopic (exact) mass is 263 g/mol. The van der Waals surface area contributed by atoms with Gasteiger partial charge in [0.25, 0.3) is 5.70 Å². The van der Waals surface area contributed by atoms with Crippen LogP contribution < -0.4 is 11.1 Å². The number of carbonyl (C=O) groups excluding carboxylic acids is 1. The summed E-state index contributed by atoms with van der Waals surface area (Å²) in [7, 11) is 0. The number of amides is 1. The highest BCUT2D eigenvalue weighted by Gasteiger charge is 2.12. The first-order valence-corrected chi connectivity index (χ1v) is 6.27. The predicted molar refractivity (Wildman–Crippen MR) is 72.3 cm³/mol. The summed E-state index contributed by atoms with van der Waals surface area (Å²) in [5, 5.41) is 12.4. The Morgan fingerprint density at radius 2 is 2.33 bits per heavy atom. The number of hydrogen-bond acceptors (Lipinski definition) is 4. The van der Waals surface area contributed by atoms with Gasteiger partial charge in [-0.25, -0.2) is 4.85 Å². The van der Waals surface area contributed by atoms with E-state index < -0.39 is 5.91 Å². The highest BCUT2D eigenvalue weighted by molar-refractivity contribution is 8.02. The maximum Gasteiger partial charge on any atom is 0.278 e. The van der Waals surface area contributed by atoms with Crippen molar-refractivity contribution in [2.75, 3.05) is 11.6 Å². The number of nitrogens with two attached hydrogens (primary N) is 1. The van der Waals surface area contributed by atoms with Crippen molar-refractivity contribution < 1.29 is 9.90 Å². The Kier molecular flexibility index (Phi) is 5.24. The van der Waals surface area contributed by atoms with Crippen LogP contribution in [0.2, 0.25) is 0 Å². The van der Waals surface area contributed by atoms with Gasteiger partial charge in [0, 0.05) is 5.69 Å². The van der Waals surface area contributed by atoms with Crippen LogP contribution in [0.4, 0.5) is 5.69 Å². The summed E-state index contributed by atoms with van der Waals surface area (Å²) in [6, 6.07) is 7.06. The number of hydrogen-bond donors (Lipinski definition) is 3. The van der Waals surface area contributed by atoms with Gasteiger partial charge in [-0.1, -0.05) is 12.1 Å². The van der Waals surface area contributed by atoms with E-state index >= 15 is 0 Å². The molecule has 0 heterocycles. The fraction of sp³-hybridized carbons (Fsp3) is 0.167. The van der Waals surface area contributed by atoms with E-state index in [1.807, 2.05) is 0 Å². The smallest absolute Gasteiger partial charge is 0.278 e. The Balaban J connectivity index is 3.06. The Morgan fingerprint density at radius 1 is 1.61 bits per heavy atom. The summed E-state index contributed by atoms with van der Waals surface area (Å²) >= 11 is 1.23. The third kappa shape index (κ3) is 3.52. The number of anilines is 1. The number of nitrogens with zero attached hydrogens (tertiary/aromatic N) is 1. The van der Waals surface area contributed by atoms with Gasteiger partial charge in [-0.2, -0.15) is 0 Å². The van der Waals surface area contributed by atoms with Crippen LogP contribution in [-0.4, -0.2) is 17.3 Å². The van der Waals surface area contributed by atoms with Crippen molar-refractivity contribution >= 4 is 23.4 Å². The number of thioether (sulfide) groups is 1. The summed E-state index contributed by atoms with van der Waals surface area (Å²) < 4.78 is 0. The second kappa shape index (κ2) is 6.69. The van der Waals surface area contributed by atoms with Crippen LogP contribution in [0.1, 0.15) is 5.56 Å². The van der Waals surface area contributed by atoms with Gasteiger partial charge in [-0.15, -0.1) is 11.8 Å². The molecular weight excluding hydrogens is 250 g/mol. The van der Waals surface area contributed by atoms with E-state index in [1.165, 1.54) is 11.8 Å². The maximum atomic E-state index is 11.1. The SMILES string of the molecule is [C-]#[N+]/C(C(N)=O)=C(\Nc1cccc(CO)c1)SC. The summed E-state index contributed by atoms with van der Waals surface area (Å²) in [4.78, 5) is 14.2. The zero-order valence-electron chi connectivity index (χ0n) is 9.80. The lowest BCUT2D eigenvalue weighted by Crippen LogP contribution is -2.15.